The maximum Gasteiger partial charge on any atom is 0.449 e. The Bertz CT molecular complexity index is 985. The van der Waals surface area contributed by atoms with Crippen LogP contribution in [0, 0.1) is 0 Å². The maximum atomic E-state index is 13.4. The number of halogens is 3. The Labute approximate surface area is 171 Å². The quantitative estimate of drug-likeness (QED) is 0.824. The van der Waals surface area contributed by atoms with E-state index in [9.17, 15) is 22.8 Å². The van der Waals surface area contributed by atoms with E-state index >= 15 is 0 Å². The number of carbonyl (C=O) groups is 2. The Hall–Kier alpha value is -2.78. The van der Waals surface area contributed by atoms with Crippen molar-refractivity contribution >= 4 is 23.0 Å². The van der Waals surface area contributed by atoms with Crippen LogP contribution in [-0.2, 0) is 6.18 Å². The molecule has 2 fully saturated rings. The number of hydrogen-bond acceptors (Lipinski definition) is 3. The summed E-state index contributed by atoms with van der Waals surface area (Å²) in [6.45, 7) is 5.51. The van der Waals surface area contributed by atoms with Gasteiger partial charge in [0.1, 0.15) is 0 Å². The van der Waals surface area contributed by atoms with Gasteiger partial charge in [-0.25, -0.2) is 9.78 Å². The summed E-state index contributed by atoms with van der Waals surface area (Å²) in [7, 11) is 0. The Morgan fingerprint density at radius 3 is 2.67 bits per heavy atom. The van der Waals surface area contributed by atoms with Gasteiger partial charge in [-0.1, -0.05) is 0 Å². The van der Waals surface area contributed by atoms with Crippen molar-refractivity contribution in [3.8, 4) is 0 Å². The molecule has 10 heteroatoms. The molecule has 3 heterocycles. The van der Waals surface area contributed by atoms with Crippen molar-refractivity contribution in [2.75, 3.05) is 26.2 Å². The molecule has 0 radical (unpaired) electrons. The molecule has 1 N–H and O–H groups in total. The minimum absolute atomic E-state index is 0.0501. The number of benzene rings is 1. The van der Waals surface area contributed by atoms with E-state index < -0.39 is 18.0 Å². The van der Waals surface area contributed by atoms with Crippen molar-refractivity contribution in [2.45, 2.75) is 44.9 Å². The van der Waals surface area contributed by atoms with E-state index in [4.69, 9.17) is 0 Å². The van der Waals surface area contributed by atoms with Gasteiger partial charge in [-0.2, -0.15) is 13.2 Å². The minimum atomic E-state index is -4.58. The molecule has 0 spiro atoms. The molecule has 1 aromatic carbocycles. The summed E-state index contributed by atoms with van der Waals surface area (Å²) in [4.78, 5) is 32.2. The molecular formula is C20H24F3N5O2. The van der Waals surface area contributed by atoms with Gasteiger partial charge in [0, 0.05) is 37.8 Å². The Morgan fingerprint density at radius 2 is 2.03 bits per heavy atom. The summed E-state index contributed by atoms with van der Waals surface area (Å²) < 4.78 is 41.4. The standard InChI is InChI=1S/C20H24F3N5O2/c1-12(2)28-16-6-5-13(10-15(16)25-18(28)20(21,22)23)17(29)26-8-3-4-14(11-26)27-9-7-24-19(27)30/h5-6,10,12,14H,3-4,7-9,11H2,1-2H3,(H,24,30). The summed E-state index contributed by atoms with van der Waals surface area (Å²) >= 11 is 0. The van der Waals surface area contributed by atoms with E-state index in [1.54, 1.807) is 29.7 Å². The molecule has 3 amide bonds. The third kappa shape index (κ3) is 3.59. The zero-order valence-electron chi connectivity index (χ0n) is 16.9. The van der Waals surface area contributed by atoms with Gasteiger partial charge in [-0.05, 0) is 44.9 Å². The van der Waals surface area contributed by atoms with Crippen LogP contribution in [0.2, 0.25) is 0 Å². The number of amides is 3. The number of nitrogens with one attached hydrogen (secondary N) is 1. The Kier molecular flexibility index (Phi) is 5.11. The number of rotatable bonds is 3. The third-order valence-electron chi connectivity index (χ3n) is 5.72. The zero-order chi connectivity index (χ0) is 21.6. The lowest BCUT2D eigenvalue weighted by Crippen LogP contribution is -2.50. The van der Waals surface area contributed by atoms with Crippen LogP contribution in [0.1, 0.15) is 48.9 Å². The van der Waals surface area contributed by atoms with E-state index in [1.807, 2.05) is 0 Å². The average molecular weight is 423 g/mol. The molecule has 1 unspecified atom stereocenters. The second-order valence-corrected chi connectivity index (χ2v) is 8.07. The number of likely N-dealkylation sites (tertiary alicyclic amines) is 1. The van der Waals surface area contributed by atoms with Crippen molar-refractivity contribution < 1.29 is 22.8 Å². The summed E-state index contributed by atoms with van der Waals surface area (Å²) in [5.41, 5.74) is 0.796. The maximum absolute atomic E-state index is 13.4. The molecule has 162 valence electrons. The molecule has 0 saturated carbocycles. The van der Waals surface area contributed by atoms with Gasteiger partial charge >= 0.3 is 12.2 Å². The monoisotopic (exact) mass is 423 g/mol. The molecule has 0 bridgehead atoms. The van der Waals surface area contributed by atoms with Crippen LogP contribution >= 0.6 is 0 Å². The first-order valence-corrected chi connectivity index (χ1v) is 10.1. The van der Waals surface area contributed by atoms with Gasteiger partial charge in [0.05, 0.1) is 17.1 Å². The molecule has 2 aliphatic heterocycles. The van der Waals surface area contributed by atoms with Gasteiger partial charge in [-0.15, -0.1) is 0 Å². The molecule has 2 saturated heterocycles. The topological polar surface area (TPSA) is 70.5 Å². The molecular weight excluding hydrogens is 399 g/mol. The molecule has 1 atom stereocenters. The molecule has 2 aromatic rings. The van der Waals surface area contributed by atoms with Crippen LogP contribution in [0.5, 0.6) is 0 Å². The molecule has 4 rings (SSSR count). The first kappa shape index (κ1) is 20.5. The van der Waals surface area contributed by atoms with Crippen LogP contribution in [0.15, 0.2) is 18.2 Å². The second-order valence-electron chi connectivity index (χ2n) is 8.07. The highest BCUT2D eigenvalue weighted by molar-refractivity contribution is 5.97. The van der Waals surface area contributed by atoms with Crippen LogP contribution in [0.25, 0.3) is 11.0 Å². The number of carbonyl (C=O) groups excluding carboxylic acids is 2. The molecule has 1 aromatic heterocycles. The summed E-state index contributed by atoms with van der Waals surface area (Å²) in [6, 6.07) is 3.92. The van der Waals surface area contributed by atoms with E-state index in [1.165, 1.54) is 12.1 Å². The van der Waals surface area contributed by atoms with E-state index in [-0.39, 0.29) is 23.5 Å². The van der Waals surface area contributed by atoms with Gasteiger partial charge in [0.25, 0.3) is 5.91 Å². The van der Waals surface area contributed by atoms with Gasteiger partial charge in [0.2, 0.25) is 5.82 Å². The highest BCUT2D eigenvalue weighted by Gasteiger charge is 2.38. The van der Waals surface area contributed by atoms with Gasteiger partial charge in [0.15, 0.2) is 0 Å². The second kappa shape index (κ2) is 7.48. The Morgan fingerprint density at radius 1 is 1.27 bits per heavy atom. The number of imidazole rings is 1. The zero-order valence-corrected chi connectivity index (χ0v) is 16.9. The normalized spacial score (nSPS) is 20.3. The summed E-state index contributed by atoms with van der Waals surface area (Å²) in [5.74, 6) is -1.22. The highest BCUT2D eigenvalue weighted by Crippen LogP contribution is 2.34. The number of alkyl halides is 3. The number of nitrogens with zero attached hydrogens (tertiary/aromatic N) is 4. The van der Waals surface area contributed by atoms with Crippen LogP contribution in [-0.4, -0.2) is 63.5 Å². The average Bonchev–Trinajstić information content (AvgIpc) is 3.30. The molecule has 2 aliphatic rings. The predicted octanol–water partition coefficient (Wildman–Crippen LogP) is 3.27. The number of hydrogen-bond donors (Lipinski definition) is 1. The predicted molar refractivity (Wildman–Crippen MR) is 104 cm³/mol. The lowest BCUT2D eigenvalue weighted by atomic mass is 10.0. The Balaban J connectivity index is 1.61. The van der Waals surface area contributed by atoms with Crippen molar-refractivity contribution in [3.05, 3.63) is 29.6 Å². The number of aromatic nitrogens is 2. The van der Waals surface area contributed by atoms with Crippen molar-refractivity contribution in [1.29, 1.82) is 0 Å². The van der Waals surface area contributed by atoms with Crippen LogP contribution in [0.4, 0.5) is 18.0 Å². The van der Waals surface area contributed by atoms with Crippen LogP contribution < -0.4 is 5.32 Å². The van der Waals surface area contributed by atoms with E-state index in [0.29, 0.717) is 37.3 Å². The van der Waals surface area contributed by atoms with E-state index in [0.717, 1.165) is 17.4 Å². The van der Waals surface area contributed by atoms with Gasteiger partial charge < -0.3 is 19.7 Å². The van der Waals surface area contributed by atoms with E-state index in [2.05, 4.69) is 10.3 Å². The summed E-state index contributed by atoms with van der Waals surface area (Å²) in [5, 5.41) is 2.77. The first-order valence-electron chi connectivity index (χ1n) is 10.1. The fourth-order valence-electron chi connectivity index (χ4n) is 4.37. The van der Waals surface area contributed by atoms with Crippen molar-refractivity contribution in [1.82, 2.24) is 24.7 Å². The SMILES string of the molecule is CC(C)n1c(C(F)(F)F)nc2cc(C(=O)N3CCCC(N4CCNC4=O)C3)ccc21. The smallest absolute Gasteiger partial charge is 0.337 e. The fourth-order valence-corrected chi connectivity index (χ4v) is 4.37. The largest absolute Gasteiger partial charge is 0.449 e. The molecule has 7 nitrogen and oxygen atoms in total. The highest BCUT2D eigenvalue weighted by atomic mass is 19.4. The molecule has 0 aliphatic carbocycles. The third-order valence-corrected chi connectivity index (χ3v) is 5.72. The lowest BCUT2D eigenvalue weighted by molar-refractivity contribution is -0.147. The number of urea groups is 1. The molecule has 30 heavy (non-hydrogen) atoms. The minimum Gasteiger partial charge on any atom is -0.337 e. The number of fused-ring (bicyclic) bond motifs is 1. The fraction of sp³-hybridized carbons (Fsp3) is 0.550. The first-order chi connectivity index (χ1) is 14.2. The van der Waals surface area contributed by atoms with Crippen molar-refractivity contribution in [3.63, 3.8) is 0 Å². The number of piperidine rings is 1. The van der Waals surface area contributed by atoms with Gasteiger partial charge in [-0.3, -0.25) is 4.79 Å². The summed E-state index contributed by atoms with van der Waals surface area (Å²) in [6.07, 6.45) is -2.99. The lowest BCUT2D eigenvalue weighted by Gasteiger charge is -2.37. The van der Waals surface area contributed by atoms with Crippen molar-refractivity contribution in [2.24, 2.45) is 0 Å². The van der Waals surface area contributed by atoms with Crippen LogP contribution in [0.3, 0.4) is 0 Å².